The van der Waals surface area contributed by atoms with E-state index in [-0.39, 0.29) is 23.9 Å². The average Bonchev–Trinajstić information content (AvgIpc) is 2.71. The lowest BCUT2D eigenvalue weighted by molar-refractivity contribution is -0.113. The molecule has 1 heterocycles. The van der Waals surface area contributed by atoms with E-state index >= 15 is 0 Å². The van der Waals surface area contributed by atoms with Crippen LogP contribution in [0.2, 0.25) is 0 Å². The van der Waals surface area contributed by atoms with Gasteiger partial charge < -0.3 is 29.2 Å². The number of carbonyl (C=O) groups is 2. The van der Waals surface area contributed by atoms with Gasteiger partial charge in [-0.1, -0.05) is 0 Å². The number of carbonyl (C=O) groups excluding carboxylic acids is 2. The van der Waals surface area contributed by atoms with Gasteiger partial charge in [-0.15, -0.1) is 0 Å². The number of hydrogen-bond donors (Lipinski definition) is 1. The molecule has 156 valence electrons. The summed E-state index contributed by atoms with van der Waals surface area (Å²) in [6.45, 7) is 6.42. The van der Waals surface area contributed by atoms with Crippen molar-refractivity contribution < 1.29 is 23.8 Å². The molecule has 1 aromatic rings. The highest BCUT2D eigenvalue weighted by molar-refractivity contribution is 5.95. The Morgan fingerprint density at radius 2 is 2.07 bits per heavy atom. The third-order valence-corrected chi connectivity index (χ3v) is 4.99. The first kappa shape index (κ1) is 22.2. The molecule has 2 rings (SSSR count). The van der Waals surface area contributed by atoms with E-state index in [2.05, 4.69) is 5.32 Å². The molecule has 0 saturated carbocycles. The molecular weight excluding hydrogens is 360 g/mol. The second-order valence-electron chi connectivity index (χ2n) is 7.23. The standard InChI is InChI=1S/C21H32N2O5/c1-15(2)23(18-13-22-9-8-17(18)14-24)21(25)16-6-7-19(27-4)20(12-16)28-11-5-10-26-3/h6-7,12,14-15,17-18,22H,5,8-11,13H2,1-4H3. The van der Waals surface area contributed by atoms with E-state index in [4.69, 9.17) is 14.2 Å². The SMILES string of the molecule is COCCCOc1cc(C(=O)N(C(C)C)C2CNCCC2C=O)ccc1OC. The van der Waals surface area contributed by atoms with Crippen LogP contribution in [-0.4, -0.2) is 69.7 Å². The molecule has 1 amide bonds. The molecule has 2 atom stereocenters. The number of amides is 1. The average molecular weight is 392 g/mol. The van der Waals surface area contributed by atoms with Crippen molar-refractivity contribution in [1.29, 1.82) is 0 Å². The second-order valence-corrected chi connectivity index (χ2v) is 7.23. The van der Waals surface area contributed by atoms with Crippen molar-refractivity contribution in [3.63, 3.8) is 0 Å². The van der Waals surface area contributed by atoms with Gasteiger partial charge in [0, 0.05) is 44.2 Å². The van der Waals surface area contributed by atoms with Gasteiger partial charge >= 0.3 is 0 Å². The molecule has 0 radical (unpaired) electrons. The second kappa shape index (κ2) is 11.0. The van der Waals surface area contributed by atoms with Crippen LogP contribution in [0.1, 0.15) is 37.0 Å². The van der Waals surface area contributed by atoms with Crippen molar-refractivity contribution in [3.8, 4) is 11.5 Å². The van der Waals surface area contributed by atoms with E-state index in [1.54, 1.807) is 32.4 Å². The number of rotatable bonds is 10. The summed E-state index contributed by atoms with van der Waals surface area (Å²) in [6, 6.07) is 5.01. The Morgan fingerprint density at radius 3 is 2.71 bits per heavy atom. The van der Waals surface area contributed by atoms with E-state index in [1.165, 1.54) is 0 Å². The van der Waals surface area contributed by atoms with Crippen molar-refractivity contribution in [2.75, 3.05) is 40.5 Å². The molecule has 2 unspecified atom stereocenters. The van der Waals surface area contributed by atoms with E-state index in [0.29, 0.717) is 36.8 Å². The Morgan fingerprint density at radius 1 is 1.29 bits per heavy atom. The van der Waals surface area contributed by atoms with Crippen LogP contribution in [0, 0.1) is 5.92 Å². The predicted molar refractivity (Wildman–Crippen MR) is 107 cm³/mol. The first-order valence-electron chi connectivity index (χ1n) is 9.81. The topological polar surface area (TPSA) is 77.1 Å². The summed E-state index contributed by atoms with van der Waals surface area (Å²) in [7, 11) is 3.22. The van der Waals surface area contributed by atoms with Gasteiger partial charge in [-0.25, -0.2) is 0 Å². The molecule has 0 aromatic heterocycles. The number of benzene rings is 1. The zero-order valence-corrected chi connectivity index (χ0v) is 17.3. The Hall–Kier alpha value is -2.12. The molecule has 1 fully saturated rings. The lowest BCUT2D eigenvalue weighted by atomic mass is 9.91. The Labute approximate surface area is 167 Å². The molecule has 28 heavy (non-hydrogen) atoms. The Balaban J connectivity index is 2.24. The highest BCUT2D eigenvalue weighted by Crippen LogP contribution is 2.30. The number of nitrogens with one attached hydrogen (secondary N) is 1. The molecule has 1 N–H and O–H groups in total. The predicted octanol–water partition coefficient (Wildman–Crippen LogP) is 2.14. The lowest BCUT2D eigenvalue weighted by Gasteiger charge is -2.40. The summed E-state index contributed by atoms with van der Waals surface area (Å²) < 4.78 is 16.2. The Kier molecular flexibility index (Phi) is 8.73. The van der Waals surface area contributed by atoms with Gasteiger partial charge in [-0.05, 0) is 45.0 Å². The Bertz CT molecular complexity index is 650. The first-order valence-corrected chi connectivity index (χ1v) is 9.81. The number of aldehydes is 1. The summed E-state index contributed by atoms with van der Waals surface area (Å²) in [5.74, 6) is 0.840. The molecule has 0 aliphatic carbocycles. The molecule has 7 nitrogen and oxygen atoms in total. The third-order valence-electron chi connectivity index (χ3n) is 4.99. The molecule has 1 saturated heterocycles. The van der Waals surface area contributed by atoms with Crippen LogP contribution in [0.4, 0.5) is 0 Å². The number of nitrogens with zero attached hydrogens (tertiary/aromatic N) is 1. The first-order chi connectivity index (χ1) is 13.5. The third kappa shape index (κ3) is 5.45. The largest absolute Gasteiger partial charge is 0.493 e. The fraction of sp³-hybridized carbons (Fsp3) is 0.619. The quantitative estimate of drug-likeness (QED) is 0.486. The van der Waals surface area contributed by atoms with Crippen LogP contribution >= 0.6 is 0 Å². The number of hydrogen-bond acceptors (Lipinski definition) is 6. The zero-order chi connectivity index (χ0) is 20.5. The summed E-state index contributed by atoms with van der Waals surface area (Å²) in [6.07, 6.45) is 2.46. The van der Waals surface area contributed by atoms with E-state index in [9.17, 15) is 9.59 Å². The van der Waals surface area contributed by atoms with Gasteiger partial charge in [0.1, 0.15) is 6.29 Å². The van der Waals surface area contributed by atoms with Crippen molar-refractivity contribution in [3.05, 3.63) is 23.8 Å². The molecule has 1 aliphatic rings. The number of methoxy groups -OCH3 is 2. The highest BCUT2D eigenvalue weighted by Gasteiger charge is 2.35. The molecule has 1 aromatic carbocycles. The molecular formula is C21H32N2O5. The van der Waals surface area contributed by atoms with Gasteiger partial charge in [0.05, 0.1) is 19.8 Å². The molecule has 0 spiro atoms. The summed E-state index contributed by atoms with van der Waals surface area (Å²) >= 11 is 0. The minimum Gasteiger partial charge on any atom is -0.493 e. The van der Waals surface area contributed by atoms with Gasteiger partial charge in [0.15, 0.2) is 11.5 Å². The minimum absolute atomic E-state index is 0.0342. The fourth-order valence-corrected chi connectivity index (χ4v) is 3.55. The highest BCUT2D eigenvalue weighted by atomic mass is 16.5. The number of ether oxygens (including phenoxy) is 3. The normalized spacial score (nSPS) is 19.3. The monoisotopic (exact) mass is 392 g/mol. The van der Waals surface area contributed by atoms with E-state index in [1.807, 2.05) is 18.7 Å². The maximum atomic E-state index is 13.3. The van der Waals surface area contributed by atoms with Gasteiger partial charge in [-0.2, -0.15) is 0 Å². The zero-order valence-electron chi connectivity index (χ0n) is 17.3. The van der Waals surface area contributed by atoms with Crippen molar-refractivity contribution in [2.24, 2.45) is 5.92 Å². The van der Waals surface area contributed by atoms with Crippen LogP contribution < -0.4 is 14.8 Å². The summed E-state index contributed by atoms with van der Waals surface area (Å²) in [4.78, 5) is 26.7. The van der Waals surface area contributed by atoms with E-state index < -0.39 is 0 Å². The van der Waals surface area contributed by atoms with Crippen LogP contribution in [0.5, 0.6) is 11.5 Å². The number of piperidine rings is 1. The van der Waals surface area contributed by atoms with Gasteiger partial charge in [0.2, 0.25) is 0 Å². The van der Waals surface area contributed by atoms with Gasteiger partial charge in [0.25, 0.3) is 5.91 Å². The van der Waals surface area contributed by atoms with Crippen molar-refractivity contribution in [2.45, 2.75) is 38.8 Å². The molecule has 7 heteroatoms. The molecule has 1 aliphatic heterocycles. The maximum Gasteiger partial charge on any atom is 0.254 e. The van der Waals surface area contributed by atoms with Crippen LogP contribution in [0.25, 0.3) is 0 Å². The van der Waals surface area contributed by atoms with E-state index in [0.717, 1.165) is 25.7 Å². The minimum atomic E-state index is -0.160. The summed E-state index contributed by atoms with van der Waals surface area (Å²) in [5, 5.41) is 3.30. The molecule has 0 bridgehead atoms. The lowest BCUT2D eigenvalue weighted by Crippen LogP contribution is -2.56. The fourth-order valence-electron chi connectivity index (χ4n) is 3.55. The van der Waals surface area contributed by atoms with Crippen LogP contribution in [0.3, 0.4) is 0 Å². The van der Waals surface area contributed by atoms with Crippen molar-refractivity contribution in [1.82, 2.24) is 10.2 Å². The van der Waals surface area contributed by atoms with Gasteiger partial charge in [-0.3, -0.25) is 4.79 Å². The van der Waals surface area contributed by atoms with Crippen LogP contribution in [-0.2, 0) is 9.53 Å². The summed E-state index contributed by atoms with van der Waals surface area (Å²) in [5.41, 5.74) is 0.520. The smallest absolute Gasteiger partial charge is 0.254 e. The van der Waals surface area contributed by atoms with Crippen molar-refractivity contribution >= 4 is 12.2 Å². The maximum absolute atomic E-state index is 13.3. The van der Waals surface area contributed by atoms with Crippen LogP contribution in [0.15, 0.2) is 18.2 Å².